The first-order valence-corrected chi connectivity index (χ1v) is 8.08. The van der Waals surface area contributed by atoms with E-state index in [1.54, 1.807) is 0 Å². The van der Waals surface area contributed by atoms with Gasteiger partial charge in [0.1, 0.15) is 5.69 Å². The van der Waals surface area contributed by atoms with E-state index in [1.807, 2.05) is 0 Å². The van der Waals surface area contributed by atoms with Gasteiger partial charge in [-0.3, -0.25) is 14.4 Å². The summed E-state index contributed by atoms with van der Waals surface area (Å²) in [5.74, 6) is -6.53. The van der Waals surface area contributed by atoms with Crippen LogP contribution in [0.4, 0.5) is 18.9 Å². The number of rotatable bonds is 4. The van der Waals surface area contributed by atoms with Crippen molar-refractivity contribution in [2.24, 2.45) is 0 Å². The van der Waals surface area contributed by atoms with Gasteiger partial charge in [0.15, 0.2) is 17.5 Å². The number of benzene rings is 1. The van der Waals surface area contributed by atoms with Gasteiger partial charge >= 0.3 is 0 Å². The van der Waals surface area contributed by atoms with Crippen LogP contribution >= 0.6 is 23.2 Å². The molecule has 2 heterocycles. The lowest BCUT2D eigenvalue weighted by Crippen LogP contribution is -2.14. The number of halogens is 5. The molecule has 26 heavy (non-hydrogen) atoms. The molecule has 0 spiro atoms. The lowest BCUT2D eigenvalue weighted by atomic mass is 10.1. The summed E-state index contributed by atoms with van der Waals surface area (Å²) in [6.45, 7) is 0.355. The molecule has 1 aromatic heterocycles. The Morgan fingerprint density at radius 3 is 2.31 bits per heavy atom. The Labute approximate surface area is 154 Å². The van der Waals surface area contributed by atoms with Gasteiger partial charge in [-0.1, -0.05) is 11.6 Å². The van der Waals surface area contributed by atoms with Crippen molar-refractivity contribution in [2.75, 3.05) is 5.32 Å². The summed E-state index contributed by atoms with van der Waals surface area (Å²) in [5, 5.41) is 0.672. The molecule has 2 aromatic rings. The van der Waals surface area contributed by atoms with Crippen LogP contribution in [0.2, 0.25) is 5.02 Å². The average molecular weight is 405 g/mol. The summed E-state index contributed by atoms with van der Waals surface area (Å²) < 4.78 is 41.0. The van der Waals surface area contributed by atoms with Crippen molar-refractivity contribution in [3.63, 3.8) is 0 Å². The number of hydrogen-bond acceptors (Lipinski definition) is 3. The van der Waals surface area contributed by atoms with Crippen LogP contribution in [0.5, 0.6) is 0 Å². The van der Waals surface area contributed by atoms with Crippen LogP contribution < -0.4 is 5.32 Å². The molecule has 0 fully saturated rings. The van der Waals surface area contributed by atoms with Crippen molar-refractivity contribution in [3.8, 4) is 0 Å². The molecule has 0 aliphatic carbocycles. The Balaban J connectivity index is 2.02. The highest BCUT2D eigenvalue weighted by atomic mass is 35.5. The Kier molecular flexibility index (Phi) is 4.81. The fraction of sp³-hybridized carbons (Fsp3) is 0.188. The third-order valence-corrected chi connectivity index (χ3v) is 4.51. The van der Waals surface area contributed by atoms with Crippen LogP contribution in [0.3, 0.4) is 0 Å². The molecule has 0 atom stereocenters. The summed E-state index contributed by atoms with van der Waals surface area (Å²) in [6, 6.07) is 1.21. The predicted octanol–water partition coefficient (Wildman–Crippen LogP) is 3.71. The highest BCUT2D eigenvalue weighted by Crippen LogP contribution is 2.34. The van der Waals surface area contributed by atoms with E-state index in [0.29, 0.717) is 37.2 Å². The zero-order valence-electron chi connectivity index (χ0n) is 12.8. The lowest BCUT2D eigenvalue weighted by molar-refractivity contribution is -0.108. The summed E-state index contributed by atoms with van der Waals surface area (Å²) in [7, 11) is 0. The molecular weight excluding hydrogens is 396 g/mol. The first-order valence-electron chi connectivity index (χ1n) is 7.33. The summed E-state index contributed by atoms with van der Waals surface area (Å²) >= 11 is 11.3. The van der Waals surface area contributed by atoms with Crippen LogP contribution in [0, 0.1) is 17.5 Å². The van der Waals surface area contributed by atoms with Gasteiger partial charge in [0.25, 0.3) is 16.9 Å². The Morgan fingerprint density at radius 2 is 1.73 bits per heavy atom. The van der Waals surface area contributed by atoms with Crippen LogP contribution in [0.25, 0.3) is 0 Å². The maximum Gasteiger partial charge on any atom is 0.294 e. The van der Waals surface area contributed by atoms with Crippen molar-refractivity contribution in [1.29, 1.82) is 0 Å². The maximum atomic E-state index is 13.3. The van der Waals surface area contributed by atoms with Gasteiger partial charge in [-0.15, -0.1) is 0 Å². The molecule has 0 saturated carbocycles. The minimum atomic E-state index is -1.67. The Hall–Kier alpha value is -2.32. The second-order valence-electron chi connectivity index (χ2n) is 5.55. The quantitative estimate of drug-likeness (QED) is 0.365. The Morgan fingerprint density at radius 1 is 1.12 bits per heavy atom. The van der Waals surface area contributed by atoms with Gasteiger partial charge in [0, 0.05) is 30.1 Å². The van der Waals surface area contributed by atoms with Gasteiger partial charge in [-0.05, 0) is 24.4 Å². The number of carbonyl (C=O) groups excluding carboxylic acids is 3. The zero-order valence-corrected chi connectivity index (χ0v) is 14.3. The average Bonchev–Trinajstić information content (AvgIpc) is 3.11. The fourth-order valence-corrected chi connectivity index (χ4v) is 3.38. The van der Waals surface area contributed by atoms with Gasteiger partial charge in [0.05, 0.1) is 10.6 Å². The number of aromatic nitrogens is 1. The van der Waals surface area contributed by atoms with Crippen molar-refractivity contribution in [3.05, 3.63) is 51.6 Å². The molecule has 1 aromatic carbocycles. The van der Waals surface area contributed by atoms with E-state index in [0.717, 1.165) is 0 Å². The predicted molar refractivity (Wildman–Crippen MR) is 87.2 cm³/mol. The molecule has 0 saturated heterocycles. The Bertz CT molecular complexity index is 949. The van der Waals surface area contributed by atoms with Gasteiger partial charge in [-0.25, -0.2) is 13.2 Å². The maximum absolute atomic E-state index is 13.3. The fourth-order valence-electron chi connectivity index (χ4n) is 2.91. The van der Waals surface area contributed by atoms with Gasteiger partial charge in [-0.2, -0.15) is 0 Å². The van der Waals surface area contributed by atoms with Crippen LogP contribution in [0.1, 0.15) is 33.0 Å². The number of amides is 1. The molecule has 0 bridgehead atoms. The molecule has 3 rings (SSSR count). The molecule has 1 N–H and O–H groups in total. The third-order valence-electron chi connectivity index (χ3n) is 3.97. The second-order valence-corrected chi connectivity index (χ2v) is 6.27. The summed E-state index contributed by atoms with van der Waals surface area (Å²) in [5.41, 5.74) is -0.241. The van der Waals surface area contributed by atoms with Crippen molar-refractivity contribution < 1.29 is 27.6 Å². The van der Waals surface area contributed by atoms with Crippen molar-refractivity contribution in [2.45, 2.75) is 19.4 Å². The normalized spacial score (nSPS) is 12.8. The summed E-state index contributed by atoms with van der Waals surface area (Å²) in [4.78, 5) is 35.7. The smallest absolute Gasteiger partial charge is 0.294 e. The zero-order chi connectivity index (χ0) is 19.2. The number of ketones is 1. The van der Waals surface area contributed by atoms with E-state index >= 15 is 0 Å². The first-order chi connectivity index (χ1) is 12.2. The third kappa shape index (κ3) is 2.99. The van der Waals surface area contributed by atoms with E-state index in [2.05, 4.69) is 5.32 Å². The number of carbonyl (C=O) groups is 3. The number of nitrogens with zero attached hydrogens (tertiary/aromatic N) is 1. The number of fused-ring (bicyclic) bond motifs is 1. The molecule has 0 radical (unpaired) electrons. The number of Topliss-reactive ketones (excluding diaryl/α,β-unsaturated/α-hetero) is 1. The van der Waals surface area contributed by atoms with Gasteiger partial charge in [0.2, 0.25) is 0 Å². The molecule has 1 aliphatic heterocycles. The molecule has 1 amide bonds. The van der Waals surface area contributed by atoms with E-state index in [1.165, 1.54) is 4.57 Å². The topological polar surface area (TPSA) is 68.2 Å². The van der Waals surface area contributed by atoms with E-state index in [9.17, 15) is 27.6 Å². The lowest BCUT2D eigenvalue weighted by Gasteiger charge is -2.07. The van der Waals surface area contributed by atoms with Crippen molar-refractivity contribution >= 4 is 45.8 Å². The highest BCUT2D eigenvalue weighted by molar-refractivity contribution is 6.83. The van der Waals surface area contributed by atoms with Gasteiger partial charge < -0.3 is 9.88 Å². The molecular formula is C16H9Cl2F3N2O3. The largest absolute Gasteiger partial charge is 0.340 e. The second kappa shape index (κ2) is 6.77. The van der Waals surface area contributed by atoms with E-state index < -0.39 is 34.4 Å². The highest BCUT2D eigenvalue weighted by Gasteiger charge is 2.33. The standard InChI is InChI=1S/C16H9Cl2F3N2O3/c17-11-10(9-2-1-3-23(9)13(11)14(24)15(18)25)16(26)22-6-4-7(19)12(21)8(20)5-6/h4-5H,1-3H2,(H,22,26). The van der Waals surface area contributed by atoms with E-state index in [4.69, 9.17) is 23.2 Å². The monoisotopic (exact) mass is 404 g/mol. The number of anilines is 1. The SMILES string of the molecule is O=C(Cl)C(=O)c1c(Cl)c(C(=O)Nc2cc(F)c(F)c(F)c2)c2n1CCC2. The molecule has 10 heteroatoms. The van der Waals surface area contributed by atoms with Crippen molar-refractivity contribution in [1.82, 2.24) is 4.57 Å². The minimum absolute atomic E-state index is 0.101. The number of hydrogen-bond donors (Lipinski definition) is 1. The molecule has 1 aliphatic rings. The number of nitrogens with one attached hydrogen (secondary N) is 1. The molecule has 136 valence electrons. The van der Waals surface area contributed by atoms with Crippen LogP contribution in [-0.2, 0) is 17.8 Å². The molecule has 0 unspecified atom stereocenters. The summed E-state index contributed by atoms with van der Waals surface area (Å²) in [6.07, 6.45) is 1.00. The molecule has 5 nitrogen and oxygen atoms in total. The van der Waals surface area contributed by atoms with Crippen LogP contribution in [-0.4, -0.2) is 21.5 Å². The van der Waals surface area contributed by atoms with E-state index in [-0.39, 0.29) is 22.0 Å². The van der Waals surface area contributed by atoms with Crippen LogP contribution in [0.15, 0.2) is 12.1 Å². The first kappa shape index (κ1) is 18.5. The minimum Gasteiger partial charge on any atom is -0.340 e.